The average molecular weight is 653 g/mol. The molecule has 0 unspecified atom stereocenters. The molecule has 0 saturated carbocycles. The Balaban J connectivity index is 0. The largest absolute Gasteiger partial charge is 0.481 e. The lowest BCUT2D eigenvalue weighted by molar-refractivity contribution is -0.144. The maximum absolute atomic E-state index is 11.7. The van der Waals surface area contributed by atoms with E-state index < -0.39 is 5.97 Å². The molecule has 0 aromatic heterocycles. The van der Waals surface area contributed by atoms with Gasteiger partial charge in [-0.15, -0.1) is 0 Å². The van der Waals surface area contributed by atoms with Crippen LogP contribution < -0.4 is 0 Å². The summed E-state index contributed by atoms with van der Waals surface area (Å²) in [5.74, 6) is -0.638. The second kappa shape index (κ2) is 43.9. The number of rotatable bonds is 37. The van der Waals surface area contributed by atoms with Crippen LogP contribution in [0, 0.1) is 0 Å². The summed E-state index contributed by atoms with van der Waals surface area (Å²) >= 11 is 0. The highest BCUT2D eigenvalue weighted by molar-refractivity contribution is 5.69. The predicted octanol–water partition coefficient (Wildman–Crippen LogP) is 14.7. The highest BCUT2D eigenvalue weighted by Crippen LogP contribution is 2.15. The molecule has 0 saturated heterocycles. The molecule has 0 radical (unpaired) electrons. The summed E-state index contributed by atoms with van der Waals surface area (Å²) in [6.45, 7) is 7.41. The summed E-state index contributed by atoms with van der Waals surface area (Å²) in [5.41, 5.74) is 0. The first-order chi connectivity index (χ1) is 22.6. The maximum atomic E-state index is 11.7. The number of unbranched alkanes of at least 4 members (excludes halogenated alkanes) is 31. The molecular formula is C42H84O4. The average Bonchev–Trinajstić information content (AvgIpc) is 3.05. The minimum Gasteiger partial charge on any atom is -0.481 e. The highest BCUT2D eigenvalue weighted by Gasteiger charge is 2.03. The Kier molecular flexibility index (Phi) is 45.0. The number of carboxylic acid groups (broad SMARTS) is 1. The fourth-order valence-electron chi connectivity index (χ4n) is 6.08. The number of esters is 1. The molecule has 0 fully saturated rings. The quantitative estimate of drug-likeness (QED) is 0.0536. The van der Waals surface area contributed by atoms with Crippen molar-refractivity contribution in [1.29, 1.82) is 0 Å². The van der Waals surface area contributed by atoms with Crippen LogP contribution >= 0.6 is 0 Å². The smallest absolute Gasteiger partial charge is 0.305 e. The van der Waals surface area contributed by atoms with Crippen LogP contribution in [0.5, 0.6) is 0 Å². The van der Waals surface area contributed by atoms with Gasteiger partial charge in [-0.1, -0.05) is 220 Å². The molecule has 0 spiro atoms. The first-order valence-electron chi connectivity index (χ1n) is 21.0. The third-order valence-corrected chi connectivity index (χ3v) is 9.24. The van der Waals surface area contributed by atoms with Crippen LogP contribution in [0.25, 0.3) is 0 Å². The second-order valence-corrected chi connectivity index (χ2v) is 14.1. The van der Waals surface area contributed by atoms with E-state index in [0.29, 0.717) is 19.4 Å². The van der Waals surface area contributed by atoms with E-state index in [2.05, 4.69) is 20.8 Å². The van der Waals surface area contributed by atoms with Gasteiger partial charge in [0.15, 0.2) is 0 Å². The molecule has 0 aliphatic carbocycles. The van der Waals surface area contributed by atoms with E-state index in [-0.39, 0.29) is 5.97 Å². The van der Waals surface area contributed by atoms with E-state index in [4.69, 9.17) is 9.84 Å². The standard InChI is InChI=1S/C26H52O2.C16H32O2/c1-3-5-7-9-11-12-13-14-15-16-17-18-19-20-22-24-26(27)28-25-23-21-10-8-6-4-2;1-2-3-4-5-6-7-8-9-10-11-12-13-14-15-16(17)18/h3-25H2,1-2H3;2-15H2,1H3,(H,17,18). The highest BCUT2D eigenvalue weighted by atomic mass is 16.5. The van der Waals surface area contributed by atoms with Crippen molar-refractivity contribution >= 4 is 11.9 Å². The van der Waals surface area contributed by atoms with Crippen LogP contribution in [-0.2, 0) is 14.3 Å². The zero-order valence-corrected chi connectivity index (χ0v) is 31.8. The maximum Gasteiger partial charge on any atom is 0.305 e. The number of carbonyl (C=O) groups is 2. The zero-order chi connectivity index (χ0) is 34.0. The van der Waals surface area contributed by atoms with Crippen LogP contribution in [0.4, 0.5) is 0 Å². The van der Waals surface area contributed by atoms with Crippen LogP contribution in [0.15, 0.2) is 0 Å². The molecule has 0 aliphatic rings. The monoisotopic (exact) mass is 653 g/mol. The van der Waals surface area contributed by atoms with Gasteiger partial charge in [0.25, 0.3) is 0 Å². The SMILES string of the molecule is CCCCCCCCCCCCCCCC(=O)O.CCCCCCCCCCCCCCCCCC(=O)OCCCCCCCC. The van der Waals surface area contributed by atoms with E-state index in [9.17, 15) is 9.59 Å². The summed E-state index contributed by atoms with van der Waals surface area (Å²) < 4.78 is 5.33. The topological polar surface area (TPSA) is 63.6 Å². The number of carbonyl (C=O) groups excluding carboxylic acids is 1. The molecule has 276 valence electrons. The molecule has 4 nitrogen and oxygen atoms in total. The van der Waals surface area contributed by atoms with Gasteiger partial charge in [-0.3, -0.25) is 9.59 Å². The third-order valence-electron chi connectivity index (χ3n) is 9.24. The second-order valence-electron chi connectivity index (χ2n) is 14.1. The van der Waals surface area contributed by atoms with Gasteiger partial charge in [0, 0.05) is 12.8 Å². The van der Waals surface area contributed by atoms with Crippen LogP contribution in [0.3, 0.4) is 0 Å². The first kappa shape index (κ1) is 47.1. The first-order valence-corrected chi connectivity index (χ1v) is 21.0. The Morgan fingerprint density at radius 1 is 0.348 bits per heavy atom. The fraction of sp³-hybridized carbons (Fsp3) is 0.952. The van der Waals surface area contributed by atoms with Gasteiger partial charge in [-0.25, -0.2) is 0 Å². The van der Waals surface area contributed by atoms with E-state index in [0.717, 1.165) is 25.7 Å². The van der Waals surface area contributed by atoms with Gasteiger partial charge in [0.2, 0.25) is 0 Å². The zero-order valence-electron chi connectivity index (χ0n) is 31.8. The van der Waals surface area contributed by atoms with Gasteiger partial charge in [-0.2, -0.15) is 0 Å². The van der Waals surface area contributed by atoms with Crippen molar-refractivity contribution in [3.05, 3.63) is 0 Å². The Morgan fingerprint density at radius 3 is 0.870 bits per heavy atom. The van der Waals surface area contributed by atoms with Gasteiger partial charge in [-0.05, 0) is 19.3 Å². The van der Waals surface area contributed by atoms with Crippen molar-refractivity contribution < 1.29 is 19.4 Å². The predicted molar refractivity (Wildman–Crippen MR) is 202 cm³/mol. The lowest BCUT2D eigenvalue weighted by Gasteiger charge is -2.05. The normalized spacial score (nSPS) is 10.9. The van der Waals surface area contributed by atoms with Gasteiger partial charge < -0.3 is 9.84 Å². The van der Waals surface area contributed by atoms with E-state index >= 15 is 0 Å². The Bertz CT molecular complexity index is 576. The van der Waals surface area contributed by atoms with Crippen molar-refractivity contribution in [2.24, 2.45) is 0 Å². The van der Waals surface area contributed by atoms with E-state index in [1.807, 2.05) is 0 Å². The molecule has 1 N–H and O–H groups in total. The van der Waals surface area contributed by atoms with Crippen molar-refractivity contribution in [1.82, 2.24) is 0 Å². The lowest BCUT2D eigenvalue weighted by atomic mass is 10.0. The summed E-state index contributed by atoms with van der Waals surface area (Å²) in [6, 6.07) is 0. The summed E-state index contributed by atoms with van der Waals surface area (Å²) in [6.07, 6.45) is 45.8. The van der Waals surface area contributed by atoms with Crippen molar-refractivity contribution in [3.8, 4) is 0 Å². The van der Waals surface area contributed by atoms with Crippen LogP contribution in [0.2, 0.25) is 0 Å². The number of aliphatic carboxylic acids is 1. The number of hydrogen-bond donors (Lipinski definition) is 1. The van der Waals surface area contributed by atoms with Gasteiger partial charge in [0.1, 0.15) is 0 Å². The molecule has 0 bridgehead atoms. The fourth-order valence-corrected chi connectivity index (χ4v) is 6.08. The number of ether oxygens (including phenoxy) is 1. The molecular weight excluding hydrogens is 568 g/mol. The van der Waals surface area contributed by atoms with Crippen molar-refractivity contribution in [2.45, 2.75) is 252 Å². The summed E-state index contributed by atoms with van der Waals surface area (Å²) in [5, 5.41) is 8.49. The summed E-state index contributed by atoms with van der Waals surface area (Å²) in [4.78, 5) is 22.0. The number of carboxylic acids is 1. The Labute approximate surface area is 289 Å². The molecule has 0 aliphatic heterocycles. The van der Waals surface area contributed by atoms with Crippen LogP contribution in [0.1, 0.15) is 252 Å². The van der Waals surface area contributed by atoms with Crippen LogP contribution in [-0.4, -0.2) is 23.7 Å². The van der Waals surface area contributed by atoms with Crippen molar-refractivity contribution in [2.75, 3.05) is 6.61 Å². The molecule has 0 aromatic rings. The Hall–Kier alpha value is -1.06. The van der Waals surface area contributed by atoms with Crippen molar-refractivity contribution in [3.63, 3.8) is 0 Å². The molecule has 4 heteroatoms. The lowest BCUT2D eigenvalue weighted by Crippen LogP contribution is -2.05. The Morgan fingerprint density at radius 2 is 0.587 bits per heavy atom. The summed E-state index contributed by atoms with van der Waals surface area (Å²) in [7, 11) is 0. The van der Waals surface area contributed by atoms with E-state index in [1.165, 1.54) is 193 Å². The van der Waals surface area contributed by atoms with Gasteiger partial charge >= 0.3 is 11.9 Å². The molecule has 0 rings (SSSR count). The third kappa shape index (κ3) is 47.3. The molecule has 0 atom stereocenters. The molecule has 0 amide bonds. The van der Waals surface area contributed by atoms with Gasteiger partial charge in [0.05, 0.1) is 6.61 Å². The minimum absolute atomic E-state index is 0.0169. The molecule has 0 heterocycles. The molecule has 46 heavy (non-hydrogen) atoms. The minimum atomic E-state index is -0.655. The van der Waals surface area contributed by atoms with E-state index in [1.54, 1.807) is 0 Å². The molecule has 0 aromatic carbocycles. The number of hydrogen-bond acceptors (Lipinski definition) is 3.